The summed E-state index contributed by atoms with van der Waals surface area (Å²) in [6.45, 7) is 4.01. The van der Waals surface area contributed by atoms with Crippen molar-refractivity contribution in [2.75, 3.05) is 7.11 Å². The predicted molar refractivity (Wildman–Crippen MR) is 150 cm³/mol. The summed E-state index contributed by atoms with van der Waals surface area (Å²) in [6.07, 6.45) is 1.63. The minimum absolute atomic E-state index is 0.0189. The number of urea groups is 1. The number of esters is 1. The van der Waals surface area contributed by atoms with Crippen LogP contribution in [-0.4, -0.2) is 45.6 Å². The van der Waals surface area contributed by atoms with Gasteiger partial charge in [0.1, 0.15) is 23.8 Å². The summed E-state index contributed by atoms with van der Waals surface area (Å²) in [5.41, 5.74) is 4.62. The number of hydrogen-bond donors (Lipinski definition) is 2. The number of imide groups is 1. The van der Waals surface area contributed by atoms with Crippen LogP contribution in [0.1, 0.15) is 49.2 Å². The minimum Gasteiger partial charge on any atom is -0.489 e. The lowest BCUT2D eigenvalue weighted by Crippen LogP contribution is -2.30. The standard InChI is InChI=1S/C31H27N3O8/c1-18-14-22(15-26-28(35)33(31(39)32-26)16-25-12-13-27(42-25)30(38)40-3)19(2)34(18)23-8-10-24(11-9-23)41-17-20-4-6-21(7-5-20)29(36)37/h4-15H,16-17H2,1-3H3,(H,32,39)(H,36,37)/b26-15-. The fourth-order valence-electron chi connectivity index (χ4n) is 4.63. The van der Waals surface area contributed by atoms with Crippen LogP contribution in [0.5, 0.6) is 5.75 Å². The number of methoxy groups -OCH3 is 1. The SMILES string of the molecule is COC(=O)c1ccc(CN2C(=O)N/C(=C\c3cc(C)n(-c4ccc(OCc5ccc(C(=O)O)cc5)cc4)c3C)C2=O)o1. The first-order chi connectivity index (χ1) is 20.1. The second-order valence-electron chi connectivity index (χ2n) is 9.58. The van der Waals surface area contributed by atoms with Gasteiger partial charge >= 0.3 is 18.0 Å². The summed E-state index contributed by atoms with van der Waals surface area (Å²) in [4.78, 5) is 49.3. The number of aromatic nitrogens is 1. The molecule has 0 unspecified atom stereocenters. The van der Waals surface area contributed by atoms with E-state index in [0.717, 1.165) is 33.1 Å². The van der Waals surface area contributed by atoms with Gasteiger partial charge in [0.25, 0.3) is 5.91 Å². The highest BCUT2D eigenvalue weighted by Gasteiger charge is 2.34. The van der Waals surface area contributed by atoms with E-state index in [-0.39, 0.29) is 29.3 Å². The Morgan fingerprint density at radius 3 is 2.38 bits per heavy atom. The fraction of sp³-hybridized carbons (Fsp3) is 0.161. The van der Waals surface area contributed by atoms with Crippen molar-refractivity contribution in [3.63, 3.8) is 0 Å². The molecule has 214 valence electrons. The summed E-state index contributed by atoms with van der Waals surface area (Å²) in [6, 6.07) is 18.3. The maximum atomic E-state index is 13.0. The maximum absolute atomic E-state index is 13.0. The zero-order chi connectivity index (χ0) is 30.0. The minimum atomic E-state index is -0.976. The number of amides is 3. The number of carboxylic acids is 1. The first-order valence-electron chi connectivity index (χ1n) is 12.9. The fourth-order valence-corrected chi connectivity index (χ4v) is 4.63. The van der Waals surface area contributed by atoms with Crippen molar-refractivity contribution in [2.24, 2.45) is 0 Å². The molecule has 0 saturated carbocycles. The van der Waals surface area contributed by atoms with E-state index in [9.17, 15) is 19.2 Å². The molecule has 2 aromatic carbocycles. The lowest BCUT2D eigenvalue weighted by molar-refractivity contribution is -0.123. The van der Waals surface area contributed by atoms with Gasteiger partial charge in [0.2, 0.25) is 5.76 Å². The normalized spacial score (nSPS) is 13.9. The van der Waals surface area contributed by atoms with Crippen LogP contribution in [0.25, 0.3) is 11.8 Å². The Morgan fingerprint density at radius 2 is 1.71 bits per heavy atom. The van der Waals surface area contributed by atoms with E-state index in [1.165, 1.54) is 31.4 Å². The second-order valence-corrected chi connectivity index (χ2v) is 9.58. The third-order valence-corrected chi connectivity index (χ3v) is 6.80. The van der Waals surface area contributed by atoms with Crippen molar-refractivity contribution < 1.29 is 38.2 Å². The molecule has 5 rings (SSSR count). The Morgan fingerprint density at radius 1 is 1.00 bits per heavy atom. The van der Waals surface area contributed by atoms with Gasteiger partial charge in [-0.25, -0.2) is 14.4 Å². The third kappa shape index (κ3) is 5.66. The molecule has 0 aliphatic carbocycles. The quantitative estimate of drug-likeness (QED) is 0.166. The van der Waals surface area contributed by atoms with Gasteiger partial charge in [0.15, 0.2) is 0 Å². The molecule has 1 fully saturated rings. The van der Waals surface area contributed by atoms with Gasteiger partial charge in [-0.3, -0.25) is 9.69 Å². The average Bonchev–Trinajstić information content (AvgIpc) is 3.64. The van der Waals surface area contributed by atoms with Crippen LogP contribution in [0.15, 0.2) is 76.8 Å². The molecule has 4 aromatic rings. The Kier molecular flexibility index (Phi) is 7.65. The van der Waals surface area contributed by atoms with Crippen LogP contribution in [0.3, 0.4) is 0 Å². The Bertz CT molecular complexity index is 1710. The molecular weight excluding hydrogens is 542 g/mol. The summed E-state index contributed by atoms with van der Waals surface area (Å²) in [5, 5.41) is 11.6. The van der Waals surface area contributed by atoms with Gasteiger partial charge in [0, 0.05) is 17.1 Å². The molecule has 0 spiro atoms. The summed E-state index contributed by atoms with van der Waals surface area (Å²) in [5.74, 6) is -1.24. The average molecular weight is 570 g/mol. The first kappa shape index (κ1) is 28.0. The topological polar surface area (TPSA) is 140 Å². The van der Waals surface area contributed by atoms with E-state index in [0.29, 0.717) is 12.4 Å². The number of carbonyl (C=O) groups is 4. The van der Waals surface area contributed by atoms with E-state index in [1.54, 1.807) is 18.2 Å². The zero-order valence-electron chi connectivity index (χ0n) is 23.0. The van der Waals surface area contributed by atoms with Gasteiger partial charge in [-0.2, -0.15) is 0 Å². The van der Waals surface area contributed by atoms with Crippen molar-refractivity contribution in [2.45, 2.75) is 27.0 Å². The van der Waals surface area contributed by atoms with E-state index >= 15 is 0 Å². The van der Waals surface area contributed by atoms with Gasteiger partial charge in [0.05, 0.1) is 19.2 Å². The number of carboxylic acid groups (broad SMARTS) is 1. The Balaban J connectivity index is 1.28. The molecule has 0 radical (unpaired) electrons. The number of nitrogens with zero attached hydrogens (tertiary/aromatic N) is 2. The van der Waals surface area contributed by atoms with Crippen LogP contribution in [0.2, 0.25) is 0 Å². The highest BCUT2D eigenvalue weighted by molar-refractivity contribution is 6.14. The van der Waals surface area contributed by atoms with Gasteiger partial charge in [-0.15, -0.1) is 0 Å². The number of ether oxygens (including phenoxy) is 2. The monoisotopic (exact) mass is 569 g/mol. The molecule has 1 saturated heterocycles. The van der Waals surface area contributed by atoms with Crippen molar-refractivity contribution in [1.82, 2.24) is 14.8 Å². The van der Waals surface area contributed by atoms with Crippen molar-refractivity contribution in [1.29, 1.82) is 0 Å². The van der Waals surface area contributed by atoms with Crippen LogP contribution in [0.4, 0.5) is 4.79 Å². The largest absolute Gasteiger partial charge is 0.489 e. The lowest BCUT2D eigenvalue weighted by atomic mass is 10.1. The molecule has 2 aromatic heterocycles. The number of aromatic carboxylic acids is 1. The smallest absolute Gasteiger partial charge is 0.373 e. The third-order valence-electron chi connectivity index (χ3n) is 6.80. The van der Waals surface area contributed by atoms with Crippen molar-refractivity contribution in [3.05, 3.63) is 112 Å². The number of aryl methyl sites for hydroxylation is 1. The Labute approximate surface area is 240 Å². The molecule has 0 bridgehead atoms. The zero-order valence-corrected chi connectivity index (χ0v) is 23.0. The molecule has 1 aliphatic rings. The number of rotatable bonds is 9. The molecular formula is C31H27N3O8. The number of furan rings is 1. The van der Waals surface area contributed by atoms with Gasteiger partial charge < -0.3 is 28.9 Å². The van der Waals surface area contributed by atoms with Crippen LogP contribution in [0, 0.1) is 13.8 Å². The number of benzene rings is 2. The van der Waals surface area contributed by atoms with E-state index in [2.05, 4.69) is 10.1 Å². The van der Waals surface area contributed by atoms with Crippen LogP contribution >= 0.6 is 0 Å². The highest BCUT2D eigenvalue weighted by Crippen LogP contribution is 2.26. The highest BCUT2D eigenvalue weighted by atomic mass is 16.5. The second kappa shape index (κ2) is 11.5. The number of nitrogens with one attached hydrogen (secondary N) is 1. The van der Waals surface area contributed by atoms with Gasteiger partial charge in [-0.1, -0.05) is 12.1 Å². The molecule has 3 amide bonds. The molecule has 42 heavy (non-hydrogen) atoms. The lowest BCUT2D eigenvalue weighted by Gasteiger charge is -2.12. The van der Waals surface area contributed by atoms with Crippen molar-refractivity contribution >= 4 is 30.0 Å². The Hall–Kier alpha value is -5.58. The summed E-state index contributed by atoms with van der Waals surface area (Å²) in [7, 11) is 1.23. The molecule has 3 heterocycles. The predicted octanol–water partition coefficient (Wildman–Crippen LogP) is 4.84. The molecule has 0 atom stereocenters. The first-order valence-corrected chi connectivity index (χ1v) is 12.9. The molecule has 1 aliphatic heterocycles. The maximum Gasteiger partial charge on any atom is 0.373 e. The van der Waals surface area contributed by atoms with E-state index in [4.69, 9.17) is 14.3 Å². The van der Waals surface area contributed by atoms with Crippen LogP contribution < -0.4 is 10.1 Å². The number of hydrogen-bond acceptors (Lipinski definition) is 7. The van der Waals surface area contributed by atoms with E-state index in [1.807, 2.05) is 48.7 Å². The van der Waals surface area contributed by atoms with Crippen LogP contribution in [-0.2, 0) is 22.7 Å². The van der Waals surface area contributed by atoms with E-state index < -0.39 is 23.9 Å². The summed E-state index contributed by atoms with van der Waals surface area (Å²) < 4.78 is 17.9. The molecule has 2 N–H and O–H groups in total. The summed E-state index contributed by atoms with van der Waals surface area (Å²) >= 11 is 0. The molecule has 11 heteroatoms. The van der Waals surface area contributed by atoms with Gasteiger partial charge in [-0.05, 0) is 85.6 Å². The molecule has 11 nitrogen and oxygen atoms in total. The van der Waals surface area contributed by atoms with Crippen molar-refractivity contribution in [3.8, 4) is 11.4 Å². The number of carbonyl (C=O) groups excluding carboxylic acids is 3.